The van der Waals surface area contributed by atoms with Gasteiger partial charge in [0.2, 0.25) is 0 Å². The Morgan fingerprint density at radius 2 is 2.40 bits per heavy atom. The number of carbonyl (C=O) groups excluding carboxylic acids is 1. The summed E-state index contributed by atoms with van der Waals surface area (Å²) in [5, 5.41) is 0.212. The van der Waals surface area contributed by atoms with Crippen molar-refractivity contribution in [1.82, 2.24) is 4.98 Å². The number of carbonyl (C=O) groups is 1. The number of pyridine rings is 1. The number of rotatable bonds is 5. The van der Waals surface area contributed by atoms with Gasteiger partial charge in [0.1, 0.15) is 0 Å². The second-order valence-electron chi connectivity index (χ2n) is 3.67. The molecule has 1 aromatic heterocycles. The van der Waals surface area contributed by atoms with Crippen LogP contribution in [0.25, 0.3) is 0 Å². The molecule has 15 heavy (non-hydrogen) atoms. The maximum atomic E-state index is 10.7. The molecular weight excluding hydrogens is 206 g/mol. The van der Waals surface area contributed by atoms with Gasteiger partial charge in [0.05, 0.1) is 0 Å². The molecule has 82 valence electrons. The SMILES string of the molecule is CC(=O)SCCCC(C)c1cccnc1. The van der Waals surface area contributed by atoms with Crippen molar-refractivity contribution in [2.24, 2.45) is 0 Å². The van der Waals surface area contributed by atoms with Crippen molar-refractivity contribution in [1.29, 1.82) is 0 Å². The van der Waals surface area contributed by atoms with Crippen LogP contribution in [0.2, 0.25) is 0 Å². The summed E-state index contributed by atoms with van der Waals surface area (Å²) in [4.78, 5) is 14.8. The van der Waals surface area contributed by atoms with Crippen molar-refractivity contribution < 1.29 is 4.79 Å². The predicted octanol–water partition coefficient (Wildman–Crippen LogP) is 3.25. The van der Waals surface area contributed by atoms with Crippen molar-refractivity contribution in [2.45, 2.75) is 32.6 Å². The molecule has 1 atom stereocenters. The van der Waals surface area contributed by atoms with Gasteiger partial charge in [-0.05, 0) is 30.4 Å². The molecule has 0 aliphatic rings. The molecule has 0 radical (unpaired) electrons. The third-order valence-corrected chi connectivity index (χ3v) is 3.24. The standard InChI is InChI=1S/C12H17NOS/c1-10(5-4-8-15-11(2)14)12-6-3-7-13-9-12/h3,6-7,9-10H,4-5,8H2,1-2H3. The first-order valence-electron chi connectivity index (χ1n) is 5.23. The van der Waals surface area contributed by atoms with Gasteiger partial charge in [-0.15, -0.1) is 0 Å². The number of nitrogens with zero attached hydrogens (tertiary/aromatic N) is 1. The lowest BCUT2D eigenvalue weighted by molar-refractivity contribution is -0.109. The van der Waals surface area contributed by atoms with Crippen LogP contribution < -0.4 is 0 Å². The molecule has 0 saturated heterocycles. The Labute approximate surface area is 95.5 Å². The molecule has 0 bridgehead atoms. The van der Waals surface area contributed by atoms with E-state index in [1.54, 1.807) is 13.1 Å². The lowest BCUT2D eigenvalue weighted by atomic mass is 9.98. The van der Waals surface area contributed by atoms with E-state index >= 15 is 0 Å². The molecule has 0 fully saturated rings. The Morgan fingerprint density at radius 1 is 1.60 bits per heavy atom. The van der Waals surface area contributed by atoms with Gasteiger partial charge in [0.25, 0.3) is 0 Å². The van der Waals surface area contributed by atoms with E-state index in [0.717, 1.165) is 18.6 Å². The Bertz CT molecular complexity index is 300. The van der Waals surface area contributed by atoms with E-state index in [0.29, 0.717) is 5.92 Å². The Hall–Kier alpha value is -0.830. The molecule has 3 heteroatoms. The van der Waals surface area contributed by atoms with Crippen LogP contribution in [0, 0.1) is 0 Å². The summed E-state index contributed by atoms with van der Waals surface area (Å²) >= 11 is 1.41. The van der Waals surface area contributed by atoms with E-state index in [1.165, 1.54) is 17.3 Å². The molecule has 0 amide bonds. The molecule has 1 heterocycles. The normalized spacial score (nSPS) is 12.4. The summed E-state index contributed by atoms with van der Waals surface area (Å²) in [6.07, 6.45) is 5.91. The molecule has 1 aromatic rings. The zero-order chi connectivity index (χ0) is 11.1. The molecule has 0 aromatic carbocycles. The molecule has 2 nitrogen and oxygen atoms in total. The largest absolute Gasteiger partial charge is 0.288 e. The second kappa shape index (κ2) is 6.62. The minimum atomic E-state index is 0.212. The zero-order valence-corrected chi connectivity index (χ0v) is 10.1. The molecule has 1 unspecified atom stereocenters. The summed E-state index contributed by atoms with van der Waals surface area (Å²) in [7, 11) is 0. The maximum Gasteiger partial charge on any atom is 0.185 e. The average molecular weight is 223 g/mol. The van der Waals surface area contributed by atoms with Crippen molar-refractivity contribution in [3.05, 3.63) is 30.1 Å². The predicted molar refractivity (Wildman–Crippen MR) is 65.0 cm³/mol. The summed E-state index contributed by atoms with van der Waals surface area (Å²) in [5.74, 6) is 1.46. The highest BCUT2D eigenvalue weighted by Crippen LogP contribution is 2.20. The third kappa shape index (κ3) is 4.98. The van der Waals surface area contributed by atoms with Crippen LogP contribution in [-0.2, 0) is 4.79 Å². The van der Waals surface area contributed by atoms with Gasteiger partial charge in [-0.3, -0.25) is 9.78 Å². The van der Waals surface area contributed by atoms with E-state index in [-0.39, 0.29) is 5.12 Å². The molecule has 0 aliphatic carbocycles. The van der Waals surface area contributed by atoms with E-state index < -0.39 is 0 Å². The molecular formula is C12H17NOS. The fourth-order valence-electron chi connectivity index (χ4n) is 1.44. The minimum absolute atomic E-state index is 0.212. The third-order valence-electron chi connectivity index (χ3n) is 2.34. The first-order valence-corrected chi connectivity index (χ1v) is 6.22. The van der Waals surface area contributed by atoms with Gasteiger partial charge < -0.3 is 0 Å². The number of hydrogen-bond acceptors (Lipinski definition) is 3. The zero-order valence-electron chi connectivity index (χ0n) is 9.27. The van der Waals surface area contributed by atoms with Crippen LogP contribution >= 0.6 is 11.8 Å². The highest BCUT2D eigenvalue weighted by atomic mass is 32.2. The Kier molecular flexibility index (Phi) is 5.40. The van der Waals surface area contributed by atoms with Crippen LogP contribution in [0.1, 0.15) is 38.2 Å². The molecule has 0 saturated carbocycles. The van der Waals surface area contributed by atoms with Gasteiger partial charge in [0.15, 0.2) is 5.12 Å². The fourth-order valence-corrected chi connectivity index (χ4v) is 2.04. The topological polar surface area (TPSA) is 30.0 Å². The van der Waals surface area contributed by atoms with E-state index in [9.17, 15) is 4.79 Å². The monoisotopic (exact) mass is 223 g/mol. The van der Waals surface area contributed by atoms with Gasteiger partial charge in [-0.2, -0.15) is 0 Å². The van der Waals surface area contributed by atoms with Crippen molar-refractivity contribution in [2.75, 3.05) is 5.75 Å². The van der Waals surface area contributed by atoms with Crippen LogP contribution in [0.15, 0.2) is 24.5 Å². The summed E-state index contributed by atoms with van der Waals surface area (Å²) in [5.41, 5.74) is 1.28. The lowest BCUT2D eigenvalue weighted by Crippen LogP contribution is -1.96. The maximum absolute atomic E-state index is 10.7. The molecule has 1 rings (SSSR count). The van der Waals surface area contributed by atoms with Crippen LogP contribution in [0.3, 0.4) is 0 Å². The van der Waals surface area contributed by atoms with Crippen molar-refractivity contribution in [3.8, 4) is 0 Å². The van der Waals surface area contributed by atoms with Crippen LogP contribution in [-0.4, -0.2) is 15.9 Å². The van der Waals surface area contributed by atoms with Crippen molar-refractivity contribution in [3.63, 3.8) is 0 Å². The highest BCUT2D eigenvalue weighted by molar-refractivity contribution is 8.13. The average Bonchev–Trinajstić information content (AvgIpc) is 2.25. The van der Waals surface area contributed by atoms with E-state index in [2.05, 4.69) is 18.0 Å². The summed E-state index contributed by atoms with van der Waals surface area (Å²) < 4.78 is 0. The second-order valence-corrected chi connectivity index (χ2v) is 4.94. The highest BCUT2D eigenvalue weighted by Gasteiger charge is 2.05. The van der Waals surface area contributed by atoms with Crippen LogP contribution in [0.4, 0.5) is 0 Å². The smallest absolute Gasteiger partial charge is 0.185 e. The van der Waals surface area contributed by atoms with Crippen LogP contribution in [0.5, 0.6) is 0 Å². The quantitative estimate of drug-likeness (QED) is 0.718. The van der Waals surface area contributed by atoms with Gasteiger partial charge >= 0.3 is 0 Å². The lowest BCUT2D eigenvalue weighted by Gasteiger charge is -2.10. The molecule has 0 spiro atoms. The fraction of sp³-hybridized carbons (Fsp3) is 0.500. The summed E-state index contributed by atoms with van der Waals surface area (Å²) in [6.45, 7) is 3.82. The first-order chi connectivity index (χ1) is 7.20. The van der Waals surface area contributed by atoms with Crippen molar-refractivity contribution >= 4 is 16.9 Å². The van der Waals surface area contributed by atoms with Gasteiger partial charge in [-0.25, -0.2) is 0 Å². The molecule has 0 N–H and O–H groups in total. The Balaban J connectivity index is 2.25. The number of thioether (sulfide) groups is 1. The van der Waals surface area contributed by atoms with Gasteiger partial charge in [0, 0.05) is 25.1 Å². The first kappa shape index (κ1) is 12.2. The molecule has 0 aliphatic heterocycles. The van der Waals surface area contributed by atoms with E-state index in [4.69, 9.17) is 0 Å². The van der Waals surface area contributed by atoms with Gasteiger partial charge in [-0.1, -0.05) is 24.8 Å². The summed E-state index contributed by atoms with van der Waals surface area (Å²) in [6, 6.07) is 4.08. The number of hydrogen-bond donors (Lipinski definition) is 0. The van der Waals surface area contributed by atoms with E-state index in [1.807, 2.05) is 12.3 Å². The minimum Gasteiger partial charge on any atom is -0.288 e. The Morgan fingerprint density at radius 3 is 3.00 bits per heavy atom. The number of aromatic nitrogens is 1.